The van der Waals surface area contributed by atoms with Gasteiger partial charge in [0.2, 0.25) is 0 Å². The molecule has 1 amide bonds. The molecule has 0 aliphatic carbocycles. The van der Waals surface area contributed by atoms with Gasteiger partial charge < -0.3 is 15.6 Å². The summed E-state index contributed by atoms with van der Waals surface area (Å²) in [4.78, 5) is 17.8. The Labute approximate surface area is 126 Å². The number of amides is 1. The Hall–Kier alpha value is -1.75. The Kier molecular flexibility index (Phi) is 3.53. The monoisotopic (exact) mass is 333 g/mol. The number of halogens is 1. The van der Waals surface area contributed by atoms with Crippen LogP contribution in [0.5, 0.6) is 0 Å². The Morgan fingerprint density at radius 3 is 2.95 bits per heavy atom. The van der Waals surface area contributed by atoms with Crippen LogP contribution >= 0.6 is 15.9 Å². The van der Waals surface area contributed by atoms with Gasteiger partial charge in [-0.3, -0.25) is 4.79 Å². The number of hydrogen-bond donors (Lipinski definition) is 2. The van der Waals surface area contributed by atoms with Crippen LogP contribution < -0.4 is 5.73 Å². The molecule has 0 bridgehead atoms. The van der Waals surface area contributed by atoms with E-state index in [2.05, 4.69) is 20.9 Å². The quantitative estimate of drug-likeness (QED) is 0.828. The van der Waals surface area contributed by atoms with Gasteiger partial charge in [-0.1, -0.05) is 15.9 Å². The first-order chi connectivity index (χ1) is 9.66. The molecule has 4 nitrogen and oxygen atoms in total. The molecule has 1 aromatic carbocycles. The van der Waals surface area contributed by atoms with E-state index in [9.17, 15) is 4.79 Å². The van der Waals surface area contributed by atoms with Gasteiger partial charge in [0.05, 0.1) is 11.6 Å². The number of aromatic amines is 1. The number of hydrogen-bond acceptors (Lipinski definition) is 2. The van der Waals surface area contributed by atoms with Gasteiger partial charge in [0.15, 0.2) is 0 Å². The summed E-state index contributed by atoms with van der Waals surface area (Å²) in [5, 5.41) is 0. The van der Waals surface area contributed by atoms with Crippen molar-refractivity contribution in [2.75, 3.05) is 12.3 Å². The molecule has 5 heteroatoms. The van der Waals surface area contributed by atoms with Crippen molar-refractivity contribution < 1.29 is 4.79 Å². The minimum atomic E-state index is 0.00657. The molecule has 0 saturated carbocycles. The van der Waals surface area contributed by atoms with E-state index in [1.54, 1.807) is 12.1 Å². The summed E-state index contributed by atoms with van der Waals surface area (Å²) in [6.07, 6.45) is 3.90. The van der Waals surface area contributed by atoms with Crippen LogP contribution in [0.15, 0.2) is 41.0 Å². The molecule has 1 aromatic heterocycles. The molecule has 1 fully saturated rings. The minimum Gasteiger partial charge on any atom is -0.398 e. The number of benzene rings is 1. The van der Waals surface area contributed by atoms with Crippen LogP contribution in [0.1, 0.15) is 34.9 Å². The molecule has 1 atom stereocenters. The standard InChI is InChI=1S/C15H16BrN3O/c16-10-5-6-11(12(17)9-10)15(20)19-8-2-4-14(19)13-3-1-7-18-13/h1,3,5-7,9,14,18H,2,4,8,17H2. The third-order valence-electron chi connectivity index (χ3n) is 3.74. The van der Waals surface area contributed by atoms with Crippen molar-refractivity contribution >= 4 is 27.5 Å². The summed E-state index contributed by atoms with van der Waals surface area (Å²) >= 11 is 3.36. The number of likely N-dealkylation sites (tertiary alicyclic amines) is 1. The SMILES string of the molecule is Nc1cc(Br)ccc1C(=O)N1CCCC1c1ccc[nH]1. The van der Waals surface area contributed by atoms with Crippen molar-refractivity contribution in [1.82, 2.24) is 9.88 Å². The summed E-state index contributed by atoms with van der Waals surface area (Å²) in [7, 11) is 0. The summed E-state index contributed by atoms with van der Waals surface area (Å²) in [6.45, 7) is 0.776. The van der Waals surface area contributed by atoms with Crippen LogP contribution in [-0.4, -0.2) is 22.3 Å². The maximum absolute atomic E-state index is 12.7. The van der Waals surface area contributed by atoms with Gasteiger partial charge in [-0.15, -0.1) is 0 Å². The molecule has 0 spiro atoms. The normalized spacial score (nSPS) is 18.4. The summed E-state index contributed by atoms with van der Waals surface area (Å²) < 4.78 is 0.883. The molecule has 0 radical (unpaired) electrons. The molecular formula is C15H16BrN3O. The van der Waals surface area contributed by atoms with Gasteiger partial charge in [0, 0.05) is 28.6 Å². The maximum atomic E-state index is 12.7. The molecule has 1 aliphatic heterocycles. The minimum absolute atomic E-state index is 0.00657. The lowest BCUT2D eigenvalue weighted by atomic mass is 10.1. The second-order valence-electron chi connectivity index (χ2n) is 5.01. The van der Waals surface area contributed by atoms with Gasteiger partial charge >= 0.3 is 0 Å². The van der Waals surface area contributed by atoms with E-state index in [1.807, 2.05) is 29.3 Å². The number of nitrogens with one attached hydrogen (secondary N) is 1. The molecular weight excluding hydrogens is 318 g/mol. The van der Waals surface area contributed by atoms with Gasteiger partial charge in [0.1, 0.15) is 0 Å². The van der Waals surface area contributed by atoms with E-state index in [1.165, 1.54) is 0 Å². The van der Waals surface area contributed by atoms with Crippen molar-refractivity contribution in [3.63, 3.8) is 0 Å². The fourth-order valence-electron chi connectivity index (χ4n) is 2.77. The van der Waals surface area contributed by atoms with Crippen LogP contribution in [0.2, 0.25) is 0 Å². The predicted molar refractivity (Wildman–Crippen MR) is 82.4 cm³/mol. The molecule has 1 unspecified atom stereocenters. The molecule has 2 aromatic rings. The van der Waals surface area contributed by atoms with Crippen molar-refractivity contribution in [2.45, 2.75) is 18.9 Å². The number of rotatable bonds is 2. The average molecular weight is 334 g/mol. The van der Waals surface area contributed by atoms with Gasteiger partial charge in [0.25, 0.3) is 5.91 Å². The summed E-state index contributed by atoms with van der Waals surface area (Å²) in [5.41, 5.74) is 8.15. The van der Waals surface area contributed by atoms with Crippen LogP contribution in [0.25, 0.3) is 0 Å². The second kappa shape index (κ2) is 5.32. The number of carbonyl (C=O) groups is 1. The van der Waals surface area contributed by atoms with E-state index in [0.29, 0.717) is 11.3 Å². The fourth-order valence-corrected chi connectivity index (χ4v) is 3.15. The zero-order valence-corrected chi connectivity index (χ0v) is 12.6. The molecule has 1 aliphatic rings. The summed E-state index contributed by atoms with van der Waals surface area (Å²) in [6, 6.07) is 9.52. The topological polar surface area (TPSA) is 62.1 Å². The highest BCUT2D eigenvalue weighted by Crippen LogP contribution is 2.33. The molecule has 3 N–H and O–H groups in total. The van der Waals surface area contributed by atoms with Crippen molar-refractivity contribution in [1.29, 1.82) is 0 Å². The van der Waals surface area contributed by atoms with E-state index >= 15 is 0 Å². The fraction of sp³-hybridized carbons (Fsp3) is 0.267. The Balaban J connectivity index is 1.89. The molecule has 2 heterocycles. The molecule has 20 heavy (non-hydrogen) atoms. The highest BCUT2D eigenvalue weighted by molar-refractivity contribution is 9.10. The first-order valence-electron chi connectivity index (χ1n) is 6.66. The van der Waals surface area contributed by atoms with Crippen molar-refractivity contribution in [2.24, 2.45) is 0 Å². The Morgan fingerprint density at radius 1 is 1.40 bits per heavy atom. The largest absolute Gasteiger partial charge is 0.398 e. The number of aromatic nitrogens is 1. The first kappa shape index (κ1) is 13.2. The third-order valence-corrected chi connectivity index (χ3v) is 4.23. The van der Waals surface area contributed by atoms with Crippen molar-refractivity contribution in [3.8, 4) is 0 Å². The second-order valence-corrected chi connectivity index (χ2v) is 5.93. The highest BCUT2D eigenvalue weighted by atomic mass is 79.9. The lowest BCUT2D eigenvalue weighted by Gasteiger charge is -2.24. The number of nitrogens with two attached hydrogens (primary N) is 1. The number of nitrogen functional groups attached to an aromatic ring is 1. The zero-order valence-electron chi connectivity index (χ0n) is 11.0. The lowest BCUT2D eigenvalue weighted by molar-refractivity contribution is 0.0734. The van der Waals surface area contributed by atoms with E-state index in [0.717, 1.165) is 29.6 Å². The average Bonchev–Trinajstić information content (AvgIpc) is 3.09. The third kappa shape index (κ3) is 2.33. The lowest BCUT2D eigenvalue weighted by Crippen LogP contribution is -2.31. The number of H-pyrrole nitrogens is 1. The Morgan fingerprint density at radius 2 is 2.25 bits per heavy atom. The number of nitrogens with zero attached hydrogens (tertiary/aromatic N) is 1. The van der Waals surface area contributed by atoms with E-state index in [-0.39, 0.29) is 11.9 Å². The number of carbonyl (C=O) groups excluding carboxylic acids is 1. The van der Waals surface area contributed by atoms with Crippen LogP contribution in [0, 0.1) is 0 Å². The highest BCUT2D eigenvalue weighted by Gasteiger charge is 2.31. The van der Waals surface area contributed by atoms with E-state index < -0.39 is 0 Å². The molecule has 3 rings (SSSR count). The molecule has 1 saturated heterocycles. The predicted octanol–water partition coefficient (Wildman–Crippen LogP) is 3.34. The van der Waals surface area contributed by atoms with E-state index in [4.69, 9.17) is 5.73 Å². The van der Waals surface area contributed by atoms with Crippen LogP contribution in [0.4, 0.5) is 5.69 Å². The zero-order chi connectivity index (χ0) is 14.1. The van der Waals surface area contributed by atoms with Crippen LogP contribution in [0.3, 0.4) is 0 Å². The van der Waals surface area contributed by atoms with Gasteiger partial charge in [-0.2, -0.15) is 0 Å². The van der Waals surface area contributed by atoms with Gasteiger partial charge in [-0.05, 0) is 43.2 Å². The van der Waals surface area contributed by atoms with Crippen molar-refractivity contribution in [3.05, 3.63) is 52.3 Å². The summed E-state index contributed by atoms with van der Waals surface area (Å²) in [5.74, 6) is 0.00657. The van der Waals surface area contributed by atoms with Gasteiger partial charge in [-0.25, -0.2) is 0 Å². The Bertz CT molecular complexity index is 624. The first-order valence-corrected chi connectivity index (χ1v) is 7.45. The number of anilines is 1. The smallest absolute Gasteiger partial charge is 0.256 e. The molecule has 104 valence electrons. The maximum Gasteiger partial charge on any atom is 0.256 e. The van der Waals surface area contributed by atoms with Crippen LogP contribution in [-0.2, 0) is 0 Å².